The van der Waals surface area contributed by atoms with Gasteiger partial charge in [-0.3, -0.25) is 0 Å². The summed E-state index contributed by atoms with van der Waals surface area (Å²) in [7, 11) is 1.65. The number of guanidine groups is 1. The third kappa shape index (κ3) is 6.02. The van der Waals surface area contributed by atoms with Crippen LogP contribution in [0.4, 0.5) is 5.69 Å². The van der Waals surface area contributed by atoms with Gasteiger partial charge in [-0.15, -0.1) is 24.0 Å². The Hall–Kier alpha value is -1.28. The monoisotopic (exact) mass is 489 g/mol. The number of anilines is 1. The average molecular weight is 490 g/mol. The van der Waals surface area contributed by atoms with Crippen LogP contribution in [0, 0.1) is 13.8 Å². The van der Waals surface area contributed by atoms with E-state index in [-0.39, 0.29) is 24.0 Å². The smallest absolute Gasteiger partial charge is 0.193 e. The van der Waals surface area contributed by atoms with Crippen molar-refractivity contribution in [2.45, 2.75) is 20.4 Å². The SMILES string of the molecule is COc1ccc(Br)cc1CN=C(N)Nc1cc(C)cc(C)c1.I. The van der Waals surface area contributed by atoms with Crippen molar-refractivity contribution >= 4 is 51.6 Å². The number of nitrogens with one attached hydrogen (secondary N) is 1. The van der Waals surface area contributed by atoms with Crippen LogP contribution < -0.4 is 15.8 Å². The number of halogens is 2. The number of nitrogens with two attached hydrogens (primary N) is 1. The summed E-state index contributed by atoms with van der Waals surface area (Å²) in [6, 6.07) is 12.0. The Morgan fingerprint density at radius 3 is 2.43 bits per heavy atom. The number of rotatable bonds is 4. The van der Waals surface area contributed by atoms with Gasteiger partial charge in [0, 0.05) is 15.7 Å². The Bertz CT molecular complexity index is 684. The fourth-order valence-corrected chi connectivity index (χ4v) is 2.68. The molecule has 6 heteroatoms. The maximum Gasteiger partial charge on any atom is 0.193 e. The van der Waals surface area contributed by atoms with Crippen LogP contribution in [0.5, 0.6) is 5.75 Å². The molecule has 4 nitrogen and oxygen atoms in total. The third-order valence-electron chi connectivity index (χ3n) is 3.16. The lowest BCUT2D eigenvalue weighted by Crippen LogP contribution is -2.22. The summed E-state index contributed by atoms with van der Waals surface area (Å²) in [6.45, 7) is 4.56. The van der Waals surface area contributed by atoms with E-state index in [0.717, 1.165) is 21.5 Å². The van der Waals surface area contributed by atoms with Gasteiger partial charge in [0.25, 0.3) is 0 Å². The number of ether oxygens (including phenoxy) is 1. The van der Waals surface area contributed by atoms with Gasteiger partial charge >= 0.3 is 0 Å². The van der Waals surface area contributed by atoms with Crippen LogP contribution >= 0.6 is 39.9 Å². The van der Waals surface area contributed by atoms with Crippen LogP contribution in [0.15, 0.2) is 45.9 Å². The van der Waals surface area contributed by atoms with Gasteiger partial charge < -0.3 is 15.8 Å². The molecular formula is C17H21BrIN3O. The number of aryl methyl sites for hydroxylation is 2. The fourth-order valence-electron chi connectivity index (χ4n) is 2.28. The van der Waals surface area contributed by atoms with Crippen LogP contribution in [-0.4, -0.2) is 13.1 Å². The number of hydrogen-bond donors (Lipinski definition) is 2. The predicted molar refractivity (Wildman–Crippen MR) is 111 cm³/mol. The minimum absolute atomic E-state index is 0. The third-order valence-corrected chi connectivity index (χ3v) is 3.65. The lowest BCUT2D eigenvalue weighted by atomic mass is 10.1. The van der Waals surface area contributed by atoms with Crippen LogP contribution in [0.3, 0.4) is 0 Å². The van der Waals surface area contributed by atoms with E-state index in [1.165, 1.54) is 11.1 Å². The molecule has 0 fully saturated rings. The van der Waals surface area contributed by atoms with Crippen LogP contribution in [0.25, 0.3) is 0 Å². The second-order valence-corrected chi connectivity index (χ2v) is 6.07. The van der Waals surface area contributed by atoms with Crippen molar-refractivity contribution in [2.75, 3.05) is 12.4 Å². The molecule has 0 saturated carbocycles. The van der Waals surface area contributed by atoms with Gasteiger partial charge in [0.2, 0.25) is 0 Å². The zero-order valence-corrected chi connectivity index (χ0v) is 17.3. The normalized spacial score (nSPS) is 10.9. The number of benzene rings is 2. The molecule has 2 rings (SSSR count). The van der Waals surface area contributed by atoms with Gasteiger partial charge in [-0.2, -0.15) is 0 Å². The summed E-state index contributed by atoms with van der Waals surface area (Å²) in [6.07, 6.45) is 0. The lowest BCUT2D eigenvalue weighted by molar-refractivity contribution is 0.410. The van der Waals surface area contributed by atoms with E-state index < -0.39 is 0 Å². The first-order valence-corrected chi connectivity index (χ1v) is 7.75. The minimum atomic E-state index is 0. The first kappa shape index (κ1) is 19.8. The van der Waals surface area contributed by atoms with Gasteiger partial charge in [-0.05, 0) is 55.3 Å². The number of hydrogen-bond acceptors (Lipinski definition) is 2. The van der Waals surface area contributed by atoms with Crippen molar-refractivity contribution in [3.63, 3.8) is 0 Å². The maximum atomic E-state index is 5.97. The molecule has 2 aromatic carbocycles. The second-order valence-electron chi connectivity index (χ2n) is 5.16. The van der Waals surface area contributed by atoms with E-state index in [1.807, 2.05) is 30.3 Å². The summed E-state index contributed by atoms with van der Waals surface area (Å²) in [5.74, 6) is 1.18. The standard InChI is InChI=1S/C17H20BrN3O.HI/c1-11-6-12(2)8-15(7-11)21-17(19)20-10-13-9-14(18)4-5-16(13)22-3;/h4-9H,10H2,1-3H3,(H3,19,20,21);1H. The highest BCUT2D eigenvalue weighted by Gasteiger charge is 2.04. The zero-order chi connectivity index (χ0) is 16.1. The van der Waals surface area contributed by atoms with Gasteiger partial charge in [0.1, 0.15) is 5.75 Å². The van der Waals surface area contributed by atoms with Crippen LogP contribution in [-0.2, 0) is 6.54 Å². The van der Waals surface area contributed by atoms with Gasteiger partial charge in [0.05, 0.1) is 13.7 Å². The highest BCUT2D eigenvalue weighted by atomic mass is 127. The number of nitrogens with zero attached hydrogens (tertiary/aromatic N) is 1. The minimum Gasteiger partial charge on any atom is -0.496 e. The second kappa shape index (κ2) is 9.12. The summed E-state index contributed by atoms with van der Waals surface area (Å²) in [5, 5.41) is 3.12. The van der Waals surface area contributed by atoms with Crippen molar-refractivity contribution < 1.29 is 4.74 Å². The maximum absolute atomic E-state index is 5.97. The molecule has 0 aliphatic rings. The fraction of sp³-hybridized carbons (Fsp3) is 0.235. The Balaban J connectivity index is 0.00000264. The molecule has 124 valence electrons. The summed E-state index contributed by atoms with van der Waals surface area (Å²) in [4.78, 5) is 4.38. The highest BCUT2D eigenvalue weighted by Crippen LogP contribution is 2.23. The zero-order valence-electron chi connectivity index (χ0n) is 13.4. The van der Waals surface area contributed by atoms with E-state index in [0.29, 0.717) is 12.5 Å². The lowest BCUT2D eigenvalue weighted by Gasteiger charge is -2.09. The van der Waals surface area contributed by atoms with E-state index in [4.69, 9.17) is 10.5 Å². The molecule has 23 heavy (non-hydrogen) atoms. The van der Waals surface area contributed by atoms with Crippen molar-refractivity contribution in [2.24, 2.45) is 10.7 Å². The molecule has 0 bridgehead atoms. The van der Waals surface area contributed by atoms with Gasteiger partial charge in [-0.1, -0.05) is 22.0 Å². The van der Waals surface area contributed by atoms with E-state index >= 15 is 0 Å². The summed E-state index contributed by atoms with van der Waals surface area (Å²) in [5.41, 5.74) is 10.3. The van der Waals surface area contributed by atoms with E-state index in [1.54, 1.807) is 7.11 Å². The van der Waals surface area contributed by atoms with E-state index in [2.05, 4.69) is 46.2 Å². The first-order chi connectivity index (χ1) is 10.5. The predicted octanol–water partition coefficient (Wildman–Crippen LogP) is 4.62. The molecule has 2 aromatic rings. The average Bonchev–Trinajstić information content (AvgIpc) is 2.44. The van der Waals surface area contributed by atoms with Gasteiger partial charge in [0.15, 0.2) is 5.96 Å². The van der Waals surface area contributed by atoms with Crippen LogP contribution in [0.1, 0.15) is 16.7 Å². The molecular weight excluding hydrogens is 469 g/mol. The topological polar surface area (TPSA) is 59.6 Å². The van der Waals surface area contributed by atoms with Gasteiger partial charge in [-0.25, -0.2) is 4.99 Å². The van der Waals surface area contributed by atoms with Crippen molar-refractivity contribution in [3.05, 3.63) is 57.6 Å². The molecule has 0 amide bonds. The number of methoxy groups -OCH3 is 1. The largest absolute Gasteiger partial charge is 0.496 e. The van der Waals surface area contributed by atoms with E-state index in [9.17, 15) is 0 Å². The summed E-state index contributed by atoms with van der Waals surface area (Å²) < 4.78 is 6.32. The molecule has 3 N–H and O–H groups in total. The summed E-state index contributed by atoms with van der Waals surface area (Å²) >= 11 is 3.45. The Labute approximate surface area is 162 Å². The number of aliphatic imine (C=N–C) groups is 1. The first-order valence-electron chi connectivity index (χ1n) is 6.95. The van der Waals surface area contributed by atoms with Crippen molar-refractivity contribution in [1.29, 1.82) is 0 Å². The molecule has 0 heterocycles. The molecule has 0 aliphatic heterocycles. The molecule has 0 atom stereocenters. The Kier molecular flexibility index (Phi) is 7.84. The Morgan fingerprint density at radius 2 is 1.83 bits per heavy atom. The molecule has 0 unspecified atom stereocenters. The molecule has 0 saturated heterocycles. The molecule has 0 aromatic heterocycles. The molecule has 0 radical (unpaired) electrons. The highest BCUT2D eigenvalue weighted by molar-refractivity contribution is 14.0. The molecule has 0 aliphatic carbocycles. The van der Waals surface area contributed by atoms with Crippen molar-refractivity contribution in [1.82, 2.24) is 0 Å². The Morgan fingerprint density at radius 1 is 1.17 bits per heavy atom. The quantitative estimate of drug-likeness (QED) is 0.374. The van der Waals surface area contributed by atoms with Crippen LogP contribution in [0.2, 0.25) is 0 Å². The molecule has 0 spiro atoms. The van der Waals surface area contributed by atoms with Crippen molar-refractivity contribution in [3.8, 4) is 5.75 Å².